The predicted molar refractivity (Wildman–Crippen MR) is 283 cm³/mol. The molecule has 0 unspecified atom stereocenters. The average molecular weight is 1060 g/mol. The third kappa shape index (κ3) is 12.7. The van der Waals surface area contributed by atoms with Crippen LogP contribution >= 0.6 is 11.6 Å². The molecule has 7 aromatic rings. The van der Waals surface area contributed by atoms with E-state index in [9.17, 15) is 27.0 Å². The number of nitrogens with one attached hydrogen (secondary N) is 5. The van der Waals surface area contributed by atoms with Crippen molar-refractivity contribution in [3.8, 4) is 0 Å². The molecule has 20 nitrogen and oxygen atoms in total. The Bertz CT molecular complexity index is 3210. The minimum absolute atomic E-state index is 0.137. The van der Waals surface area contributed by atoms with Crippen LogP contribution in [0.4, 0.5) is 34.9 Å². The summed E-state index contributed by atoms with van der Waals surface area (Å²) in [4.78, 5) is 28.3. The van der Waals surface area contributed by atoms with Gasteiger partial charge in [-0.25, -0.2) is 31.5 Å². The topological polar surface area (TPSA) is 259 Å². The van der Waals surface area contributed by atoms with Crippen LogP contribution in [0.15, 0.2) is 95.2 Å². The second-order valence-corrected chi connectivity index (χ2v) is 22.9. The maximum atomic E-state index is 13.0. The van der Waals surface area contributed by atoms with E-state index in [1.807, 2.05) is 29.0 Å². The van der Waals surface area contributed by atoms with Gasteiger partial charge in [-0.3, -0.25) is 0 Å². The van der Waals surface area contributed by atoms with E-state index < -0.39 is 20.0 Å². The fraction of sp³-hybridized carbons (Fsp3) is 0.440. The van der Waals surface area contributed by atoms with Gasteiger partial charge in [0, 0.05) is 61.2 Å². The number of sulfonamides is 2. The van der Waals surface area contributed by atoms with Crippen molar-refractivity contribution in [3.63, 3.8) is 0 Å². The van der Waals surface area contributed by atoms with Crippen LogP contribution in [0.1, 0.15) is 90.0 Å². The van der Waals surface area contributed by atoms with Crippen molar-refractivity contribution in [2.24, 2.45) is 0 Å². The van der Waals surface area contributed by atoms with E-state index in [2.05, 4.69) is 40.9 Å². The summed E-state index contributed by atoms with van der Waals surface area (Å²) in [5.74, 6) is 2.09. The molecule has 5 heterocycles. The van der Waals surface area contributed by atoms with Gasteiger partial charge in [-0.2, -0.15) is 24.2 Å². The first-order chi connectivity index (χ1) is 35.2. The first-order valence-electron chi connectivity index (χ1n) is 25.1. The molecule has 1 saturated heterocycles. The lowest BCUT2D eigenvalue weighted by molar-refractivity contribution is 0.125. The minimum atomic E-state index is -3.71. The molecule has 1 aliphatic heterocycles. The highest BCUT2D eigenvalue weighted by Gasteiger charge is 2.27. The van der Waals surface area contributed by atoms with Gasteiger partial charge in [-0.05, 0) is 144 Å². The zero-order chi connectivity index (χ0) is 51.1. The number of fused-ring (bicyclic) bond motifs is 2. The number of hydrogen-bond donors (Lipinski definition) is 7. The fourth-order valence-corrected chi connectivity index (χ4v) is 12.1. The summed E-state index contributed by atoms with van der Waals surface area (Å²) in [6.45, 7) is 6.78. The second-order valence-electron chi connectivity index (χ2n) is 18.7. The van der Waals surface area contributed by atoms with E-state index in [0.29, 0.717) is 75.5 Å². The molecule has 2 saturated carbocycles. The van der Waals surface area contributed by atoms with Crippen molar-refractivity contribution >= 4 is 88.9 Å². The van der Waals surface area contributed by atoms with Crippen LogP contribution in [0.2, 0.25) is 5.02 Å². The van der Waals surface area contributed by atoms with Gasteiger partial charge in [0.25, 0.3) is 0 Å². The maximum absolute atomic E-state index is 13.0. The number of benzene rings is 3. The standard InChI is InChI=1S/C26H30ClN7O3S.C24H33N7O3S/c1-2-34-16-28-23-24(32-26(33-25(23)34)31-20-6-10-21(35)11-7-20)30-19-8-12-22(13-9-19)38(36,37)29-15-17-4-3-5-18(27)14-17;1-2-30-16-25-21-22(28-24(29-23(21)30)27-18-6-10-19(32)11-7-18)26-17-8-12-20(13-9-17)35(33,34)31-14-4-3-5-15-31/h3-5,8-9,12-14,16,20-21,29,35H,2,6-7,10-11,15H2,1H3,(H2,30,31,32,33);8-9,12-13,16,18-19,32H,2-7,10-11,14-15H2,1H3,(H2,26,27,28,29)/t20-,21-;18-,19-. The first kappa shape index (κ1) is 51.9. The van der Waals surface area contributed by atoms with Crippen molar-refractivity contribution in [3.05, 3.63) is 96.0 Å². The number of aromatic nitrogens is 8. The van der Waals surface area contributed by atoms with Crippen molar-refractivity contribution in [2.45, 2.75) is 138 Å². The summed E-state index contributed by atoms with van der Waals surface area (Å²) in [5.41, 5.74) is 4.86. The van der Waals surface area contributed by atoms with Gasteiger partial charge in [0.2, 0.25) is 31.9 Å². The van der Waals surface area contributed by atoms with Crippen molar-refractivity contribution in [1.82, 2.24) is 48.1 Å². The molecule has 2 aliphatic carbocycles. The predicted octanol–water partition coefficient (Wildman–Crippen LogP) is 7.92. The smallest absolute Gasteiger partial charge is 0.243 e. The molecule has 0 bridgehead atoms. The molecule has 0 spiro atoms. The third-order valence-electron chi connectivity index (χ3n) is 13.5. The van der Waals surface area contributed by atoms with Crippen molar-refractivity contribution < 1.29 is 27.0 Å². The number of anilines is 6. The molecule has 73 heavy (non-hydrogen) atoms. The van der Waals surface area contributed by atoms with Crippen LogP contribution in [0.3, 0.4) is 0 Å². The number of aryl methyl sites for hydroxylation is 2. The van der Waals surface area contributed by atoms with Gasteiger partial charge >= 0.3 is 0 Å². The average Bonchev–Trinajstić information content (AvgIpc) is 4.02. The molecular formula is C50H63ClN14O6S2. The normalized spacial score (nSPS) is 19.8. The number of rotatable bonds is 16. The number of piperidine rings is 1. The van der Waals surface area contributed by atoms with E-state index in [1.165, 1.54) is 12.1 Å². The van der Waals surface area contributed by atoms with Gasteiger partial charge in [0.15, 0.2) is 34.0 Å². The molecule has 10 rings (SSSR count). The second kappa shape index (κ2) is 23.0. The van der Waals surface area contributed by atoms with E-state index in [-0.39, 0.29) is 35.7 Å². The summed E-state index contributed by atoms with van der Waals surface area (Å²) >= 11 is 5.99. The van der Waals surface area contributed by atoms with Crippen LogP contribution < -0.4 is 26.0 Å². The molecule has 0 atom stereocenters. The molecule has 3 fully saturated rings. The zero-order valence-corrected chi connectivity index (χ0v) is 43.3. The van der Waals surface area contributed by atoms with Gasteiger partial charge in [0.1, 0.15) is 0 Å². The summed E-state index contributed by atoms with van der Waals surface area (Å²) in [7, 11) is -7.19. The fourth-order valence-electron chi connectivity index (χ4n) is 9.32. The molecule has 388 valence electrons. The molecular weight excluding hydrogens is 992 g/mol. The summed E-state index contributed by atoms with van der Waals surface area (Å²) in [6.07, 6.45) is 12.4. The maximum Gasteiger partial charge on any atom is 0.243 e. The molecule has 0 radical (unpaired) electrons. The van der Waals surface area contributed by atoms with E-state index in [0.717, 1.165) is 94.1 Å². The third-order valence-corrected chi connectivity index (χ3v) is 17.1. The summed E-state index contributed by atoms with van der Waals surface area (Å²) in [5, 5.41) is 33.6. The zero-order valence-electron chi connectivity index (χ0n) is 41.0. The quantitative estimate of drug-likeness (QED) is 0.0485. The lowest BCUT2D eigenvalue weighted by Crippen LogP contribution is -2.35. The SMILES string of the molecule is CCn1cnc2c(Nc3ccc(S(=O)(=O)N4CCCCC4)cc3)nc(N[C@H]3CC[C@H](O)CC3)nc21.CCn1cnc2c(Nc3ccc(S(=O)(=O)NCc4cccc(Cl)c4)cc3)nc(N[C@H]3CC[C@H](O)CC3)nc21. The van der Waals surface area contributed by atoms with Crippen LogP contribution in [-0.2, 0) is 39.7 Å². The van der Waals surface area contributed by atoms with Gasteiger partial charge in [-0.15, -0.1) is 0 Å². The highest BCUT2D eigenvalue weighted by molar-refractivity contribution is 7.89. The van der Waals surface area contributed by atoms with Crippen molar-refractivity contribution in [2.75, 3.05) is 34.4 Å². The Morgan fingerprint density at radius 1 is 0.616 bits per heavy atom. The van der Waals surface area contributed by atoms with Gasteiger partial charge < -0.3 is 40.6 Å². The van der Waals surface area contributed by atoms with Crippen LogP contribution in [0.5, 0.6) is 0 Å². The van der Waals surface area contributed by atoms with Gasteiger partial charge in [0.05, 0.1) is 34.7 Å². The number of nitrogens with zero attached hydrogens (tertiary/aromatic N) is 9. The summed E-state index contributed by atoms with van der Waals surface area (Å²) < 4.78 is 59.6. The number of aliphatic hydroxyl groups is 2. The van der Waals surface area contributed by atoms with Crippen LogP contribution in [0.25, 0.3) is 22.3 Å². The van der Waals surface area contributed by atoms with Gasteiger partial charge in [-0.1, -0.05) is 30.2 Å². The highest BCUT2D eigenvalue weighted by Crippen LogP contribution is 2.30. The monoisotopic (exact) mass is 1050 g/mol. The van der Waals surface area contributed by atoms with Crippen molar-refractivity contribution in [1.29, 1.82) is 0 Å². The first-order valence-corrected chi connectivity index (χ1v) is 28.4. The summed E-state index contributed by atoms with van der Waals surface area (Å²) in [6, 6.07) is 20.7. The largest absolute Gasteiger partial charge is 0.393 e. The van der Waals surface area contributed by atoms with Crippen LogP contribution in [-0.4, -0.2) is 108 Å². The highest BCUT2D eigenvalue weighted by atomic mass is 35.5. The Kier molecular flexibility index (Phi) is 16.4. The van der Waals surface area contributed by atoms with E-state index in [1.54, 1.807) is 71.6 Å². The molecule has 7 N–H and O–H groups in total. The van der Waals surface area contributed by atoms with Crippen LogP contribution in [0, 0.1) is 0 Å². The number of halogens is 1. The Morgan fingerprint density at radius 3 is 1.56 bits per heavy atom. The Balaban J connectivity index is 0.000000180. The Morgan fingerprint density at radius 2 is 1.10 bits per heavy atom. The Hall–Kier alpha value is -6.01. The molecule has 23 heteroatoms. The van der Waals surface area contributed by atoms with E-state index in [4.69, 9.17) is 26.6 Å². The minimum Gasteiger partial charge on any atom is -0.393 e. The molecule has 3 aliphatic rings. The molecule has 0 amide bonds. The number of hydrogen-bond acceptors (Lipinski definition) is 16. The lowest BCUT2D eigenvalue weighted by atomic mass is 9.93. The number of aliphatic hydroxyl groups excluding tert-OH is 2. The Labute approximate surface area is 430 Å². The van der Waals surface area contributed by atoms with E-state index >= 15 is 0 Å². The lowest BCUT2D eigenvalue weighted by Gasteiger charge is -2.26. The molecule has 3 aromatic carbocycles. The molecule has 4 aromatic heterocycles. The number of imidazole rings is 2.